The number of carbonyl (C=O) groups is 1. The van der Waals surface area contributed by atoms with E-state index in [0.29, 0.717) is 37.6 Å². The van der Waals surface area contributed by atoms with Gasteiger partial charge in [-0.25, -0.2) is 0 Å². The van der Waals surface area contributed by atoms with Crippen LogP contribution in [0, 0.1) is 6.92 Å². The van der Waals surface area contributed by atoms with Gasteiger partial charge in [0.15, 0.2) is 11.5 Å². The lowest BCUT2D eigenvalue weighted by Crippen LogP contribution is -2.36. The molecule has 1 aliphatic rings. The van der Waals surface area contributed by atoms with E-state index in [9.17, 15) is 4.79 Å². The van der Waals surface area contributed by atoms with Gasteiger partial charge in [0, 0.05) is 24.3 Å². The molecule has 0 saturated heterocycles. The maximum atomic E-state index is 13.0. The summed E-state index contributed by atoms with van der Waals surface area (Å²) in [7, 11) is 0. The molecule has 26 heavy (non-hydrogen) atoms. The molecule has 0 aliphatic carbocycles. The predicted octanol–water partition coefficient (Wildman–Crippen LogP) is 3.57. The molecular formula is C21H26N2O3. The molecule has 5 nitrogen and oxygen atoms in total. The minimum atomic E-state index is 0.0206. The maximum absolute atomic E-state index is 13.0. The van der Waals surface area contributed by atoms with Crippen LogP contribution in [0.25, 0.3) is 0 Å². The Balaban J connectivity index is 1.87. The highest BCUT2D eigenvalue weighted by Crippen LogP contribution is 2.34. The number of aryl methyl sites for hydroxylation is 1. The molecule has 5 heteroatoms. The Morgan fingerprint density at radius 1 is 1.08 bits per heavy atom. The summed E-state index contributed by atoms with van der Waals surface area (Å²) in [4.78, 5) is 14.9. The minimum absolute atomic E-state index is 0.0206. The van der Waals surface area contributed by atoms with E-state index in [1.807, 2.05) is 43.9 Å². The number of fused-ring (bicyclic) bond motifs is 1. The first-order valence-corrected chi connectivity index (χ1v) is 9.10. The zero-order chi connectivity index (χ0) is 18.7. The number of rotatable bonds is 5. The number of nitrogens with zero attached hydrogens (tertiary/aromatic N) is 1. The minimum Gasteiger partial charge on any atom is -0.490 e. The van der Waals surface area contributed by atoms with Crippen molar-refractivity contribution in [3.05, 3.63) is 52.6 Å². The first kappa shape index (κ1) is 18.1. The van der Waals surface area contributed by atoms with Gasteiger partial charge in [-0.05, 0) is 68.1 Å². The summed E-state index contributed by atoms with van der Waals surface area (Å²) < 4.78 is 11.4. The van der Waals surface area contributed by atoms with Crippen LogP contribution < -0.4 is 15.2 Å². The highest BCUT2D eigenvalue weighted by atomic mass is 16.5. The molecule has 0 saturated carbocycles. The van der Waals surface area contributed by atoms with E-state index in [0.717, 1.165) is 29.0 Å². The van der Waals surface area contributed by atoms with E-state index in [1.165, 1.54) is 5.56 Å². The Bertz CT molecular complexity index is 817. The summed E-state index contributed by atoms with van der Waals surface area (Å²) in [6.45, 7) is 8.26. The zero-order valence-corrected chi connectivity index (χ0v) is 15.7. The monoisotopic (exact) mass is 354 g/mol. The van der Waals surface area contributed by atoms with Crippen molar-refractivity contribution in [1.82, 2.24) is 4.90 Å². The molecule has 0 bridgehead atoms. The predicted molar refractivity (Wildman–Crippen MR) is 103 cm³/mol. The molecule has 3 rings (SSSR count). The van der Waals surface area contributed by atoms with Crippen LogP contribution in [0.1, 0.15) is 40.9 Å². The lowest BCUT2D eigenvalue weighted by atomic mass is 9.97. The van der Waals surface area contributed by atoms with Gasteiger partial charge in [-0.1, -0.05) is 6.07 Å². The van der Waals surface area contributed by atoms with Crippen LogP contribution in [0.2, 0.25) is 0 Å². The molecule has 1 heterocycles. The summed E-state index contributed by atoms with van der Waals surface area (Å²) in [6.07, 6.45) is 0.801. The number of nitrogen functional groups attached to an aromatic ring is 1. The van der Waals surface area contributed by atoms with Gasteiger partial charge in [0.2, 0.25) is 0 Å². The summed E-state index contributed by atoms with van der Waals surface area (Å²) in [6, 6.07) is 9.53. The number of carbonyl (C=O) groups excluding carboxylic acids is 1. The van der Waals surface area contributed by atoms with Crippen molar-refractivity contribution in [2.45, 2.75) is 33.7 Å². The third kappa shape index (κ3) is 3.62. The molecule has 0 radical (unpaired) electrons. The van der Waals surface area contributed by atoms with Gasteiger partial charge in [0.1, 0.15) is 0 Å². The Morgan fingerprint density at radius 2 is 1.73 bits per heavy atom. The van der Waals surface area contributed by atoms with Crippen LogP contribution in [0.5, 0.6) is 11.5 Å². The molecule has 1 aliphatic heterocycles. The van der Waals surface area contributed by atoms with Crippen LogP contribution in [0.3, 0.4) is 0 Å². The smallest absolute Gasteiger partial charge is 0.254 e. The second-order valence-corrected chi connectivity index (χ2v) is 6.48. The van der Waals surface area contributed by atoms with E-state index in [-0.39, 0.29) is 5.91 Å². The van der Waals surface area contributed by atoms with E-state index in [2.05, 4.69) is 6.07 Å². The van der Waals surface area contributed by atoms with E-state index < -0.39 is 0 Å². The molecule has 0 fully saturated rings. The first-order valence-electron chi connectivity index (χ1n) is 9.10. The van der Waals surface area contributed by atoms with Crippen molar-refractivity contribution in [1.29, 1.82) is 0 Å². The highest BCUT2D eigenvalue weighted by molar-refractivity contribution is 5.96. The summed E-state index contributed by atoms with van der Waals surface area (Å²) in [5.74, 6) is 1.54. The van der Waals surface area contributed by atoms with E-state index >= 15 is 0 Å². The fourth-order valence-electron chi connectivity index (χ4n) is 3.31. The van der Waals surface area contributed by atoms with Crippen LogP contribution in [-0.4, -0.2) is 30.6 Å². The van der Waals surface area contributed by atoms with Gasteiger partial charge >= 0.3 is 0 Å². The van der Waals surface area contributed by atoms with E-state index in [4.69, 9.17) is 15.2 Å². The van der Waals surface area contributed by atoms with Crippen LogP contribution in [0.4, 0.5) is 5.69 Å². The number of hydrogen-bond donors (Lipinski definition) is 1. The third-order valence-corrected chi connectivity index (χ3v) is 4.66. The average molecular weight is 354 g/mol. The summed E-state index contributed by atoms with van der Waals surface area (Å²) in [5.41, 5.74) is 10.4. The normalized spacial score (nSPS) is 13.3. The molecule has 0 spiro atoms. The Kier molecular flexibility index (Phi) is 5.35. The number of benzene rings is 2. The van der Waals surface area contributed by atoms with Gasteiger partial charge in [-0.2, -0.15) is 0 Å². The molecule has 2 N–H and O–H groups in total. The first-order chi connectivity index (χ1) is 12.5. The zero-order valence-electron chi connectivity index (χ0n) is 15.7. The van der Waals surface area contributed by atoms with Crippen molar-refractivity contribution >= 4 is 11.6 Å². The van der Waals surface area contributed by atoms with Crippen molar-refractivity contribution in [3.8, 4) is 11.5 Å². The maximum Gasteiger partial charge on any atom is 0.254 e. The Hall–Kier alpha value is -2.69. The van der Waals surface area contributed by atoms with Gasteiger partial charge < -0.3 is 20.1 Å². The largest absolute Gasteiger partial charge is 0.490 e. The molecule has 0 aromatic heterocycles. The SMILES string of the molecule is CCOc1cc2c(cc1OCC)CN(C(=O)c1cc(N)ccc1C)CC2. The van der Waals surface area contributed by atoms with Gasteiger partial charge in [-0.15, -0.1) is 0 Å². The number of anilines is 1. The Morgan fingerprint density at radius 3 is 2.38 bits per heavy atom. The topological polar surface area (TPSA) is 64.8 Å². The average Bonchev–Trinajstić information content (AvgIpc) is 2.63. The molecule has 0 unspecified atom stereocenters. The molecular weight excluding hydrogens is 328 g/mol. The Labute approximate surface area is 154 Å². The highest BCUT2D eigenvalue weighted by Gasteiger charge is 2.24. The fourth-order valence-corrected chi connectivity index (χ4v) is 3.31. The second-order valence-electron chi connectivity index (χ2n) is 6.48. The fraction of sp³-hybridized carbons (Fsp3) is 0.381. The van der Waals surface area contributed by atoms with Crippen LogP contribution in [0.15, 0.2) is 30.3 Å². The molecule has 2 aromatic carbocycles. The van der Waals surface area contributed by atoms with Crippen molar-refractivity contribution < 1.29 is 14.3 Å². The number of ether oxygens (including phenoxy) is 2. The van der Waals surface area contributed by atoms with Gasteiger partial charge in [0.05, 0.1) is 13.2 Å². The standard InChI is InChI=1S/C21H26N2O3/c1-4-25-19-10-15-8-9-23(13-16(15)11-20(19)26-5-2)21(24)18-12-17(22)7-6-14(18)3/h6-7,10-12H,4-5,8-9,13,22H2,1-3H3. The van der Waals surface area contributed by atoms with Crippen molar-refractivity contribution in [3.63, 3.8) is 0 Å². The number of nitrogens with two attached hydrogens (primary N) is 1. The lowest BCUT2D eigenvalue weighted by Gasteiger charge is -2.30. The second kappa shape index (κ2) is 7.68. The molecule has 0 atom stereocenters. The quantitative estimate of drug-likeness (QED) is 0.834. The summed E-state index contributed by atoms with van der Waals surface area (Å²) in [5, 5.41) is 0. The van der Waals surface area contributed by atoms with E-state index in [1.54, 1.807) is 6.07 Å². The molecule has 138 valence electrons. The number of hydrogen-bond acceptors (Lipinski definition) is 4. The van der Waals surface area contributed by atoms with Crippen LogP contribution in [-0.2, 0) is 13.0 Å². The van der Waals surface area contributed by atoms with Crippen LogP contribution >= 0.6 is 0 Å². The van der Waals surface area contributed by atoms with Crippen molar-refractivity contribution in [2.24, 2.45) is 0 Å². The third-order valence-electron chi connectivity index (χ3n) is 4.66. The lowest BCUT2D eigenvalue weighted by molar-refractivity contribution is 0.0733. The molecule has 1 amide bonds. The number of amides is 1. The van der Waals surface area contributed by atoms with Gasteiger partial charge in [0.25, 0.3) is 5.91 Å². The summed E-state index contributed by atoms with van der Waals surface area (Å²) >= 11 is 0. The molecule has 2 aromatic rings. The van der Waals surface area contributed by atoms with Gasteiger partial charge in [-0.3, -0.25) is 4.79 Å². The van der Waals surface area contributed by atoms with Crippen molar-refractivity contribution in [2.75, 3.05) is 25.5 Å².